The maximum absolute atomic E-state index is 10.3. The van der Waals surface area contributed by atoms with Crippen LogP contribution in [0.15, 0.2) is 0 Å². The van der Waals surface area contributed by atoms with Gasteiger partial charge in [-0.15, -0.1) is 23.2 Å². The molecule has 0 amide bonds. The minimum Gasteiger partial charge on any atom is -0.300 e. The van der Waals surface area contributed by atoms with Crippen molar-refractivity contribution in [1.82, 2.24) is 0 Å². The minimum absolute atomic E-state index is 0. The average molecular weight is 388 g/mol. The van der Waals surface area contributed by atoms with Crippen LogP contribution in [0.1, 0.15) is 26.7 Å². The van der Waals surface area contributed by atoms with Gasteiger partial charge >= 0.3 is 0 Å². The van der Waals surface area contributed by atoms with Crippen LogP contribution in [0.3, 0.4) is 0 Å². The Hall–Kier alpha value is 0.0587. The molecule has 0 aromatic carbocycles. The van der Waals surface area contributed by atoms with Crippen molar-refractivity contribution in [3.05, 3.63) is 0 Å². The molecule has 4 radical (unpaired) electrons. The maximum Gasteiger partial charge on any atom is 0.154 e. The Kier molecular flexibility index (Phi) is 18.5. The average Bonchev–Trinajstić information content (AvgIpc) is 2.16. The van der Waals surface area contributed by atoms with Crippen LogP contribution in [-0.4, -0.2) is 58.8 Å². The summed E-state index contributed by atoms with van der Waals surface area (Å²) in [5.74, 6) is -0.788. The molecule has 4 nitrogen and oxygen atoms in total. The van der Waals surface area contributed by atoms with Gasteiger partial charge in [-0.05, 0) is 13.8 Å². The van der Waals surface area contributed by atoms with Gasteiger partial charge in [0.25, 0.3) is 0 Å². The van der Waals surface area contributed by atoms with Crippen LogP contribution < -0.4 is 0 Å². The topological polar surface area (TPSA) is 68.3 Å². The predicted molar refractivity (Wildman–Crippen MR) is 67.8 cm³/mol. The first kappa shape index (κ1) is 22.3. The molecule has 0 fully saturated rings. The molecule has 0 bridgehead atoms. The zero-order valence-corrected chi connectivity index (χ0v) is 14.1. The van der Waals surface area contributed by atoms with Crippen LogP contribution in [0.4, 0.5) is 0 Å². The normalized spacial score (nSPS) is 8.24. The van der Waals surface area contributed by atoms with Crippen molar-refractivity contribution in [2.45, 2.75) is 26.7 Å². The second-order valence-corrected chi connectivity index (χ2v) is 3.64. The summed E-state index contributed by atoms with van der Waals surface area (Å²) in [6.45, 7) is 2.73. The largest absolute Gasteiger partial charge is 0.300 e. The maximum atomic E-state index is 10.3. The molecule has 96 valence electrons. The molecule has 0 spiro atoms. The van der Waals surface area contributed by atoms with Crippen molar-refractivity contribution in [3.8, 4) is 0 Å². The zero-order chi connectivity index (χ0) is 13.1. The van der Waals surface area contributed by atoms with E-state index in [1.54, 1.807) is 0 Å². The van der Waals surface area contributed by atoms with Gasteiger partial charge in [-0.1, -0.05) is 0 Å². The second-order valence-electron chi connectivity index (χ2n) is 3.10. The van der Waals surface area contributed by atoms with Crippen LogP contribution in [-0.2, 0) is 19.2 Å². The molecule has 0 aliphatic carbocycles. The molecular formula is C10H14Cl2O4Sn. The van der Waals surface area contributed by atoms with Crippen molar-refractivity contribution < 1.29 is 19.2 Å². The summed E-state index contributed by atoms with van der Waals surface area (Å²) in [4.78, 5) is 40.8. The minimum atomic E-state index is -0.209. The molecule has 0 aromatic rings. The SMILES string of the molecule is CC(=O)CC(=O)CCl.CC(=O)CC(=O)CCl.[Sn]. The Morgan fingerprint density at radius 1 is 0.765 bits per heavy atom. The summed E-state index contributed by atoms with van der Waals surface area (Å²) in [6.07, 6.45) is -0.0486. The van der Waals surface area contributed by atoms with E-state index in [1.807, 2.05) is 0 Å². The second kappa shape index (κ2) is 14.1. The summed E-state index contributed by atoms with van der Waals surface area (Å²) in [5.41, 5.74) is 0. The summed E-state index contributed by atoms with van der Waals surface area (Å²) in [7, 11) is 0. The third-order valence-electron chi connectivity index (χ3n) is 1.19. The molecule has 0 aromatic heterocycles. The first-order valence-electron chi connectivity index (χ1n) is 4.47. The van der Waals surface area contributed by atoms with Gasteiger partial charge in [0, 0.05) is 23.9 Å². The number of halogens is 2. The van der Waals surface area contributed by atoms with E-state index in [0.29, 0.717) is 0 Å². The van der Waals surface area contributed by atoms with Gasteiger partial charge in [0.2, 0.25) is 0 Å². The number of alkyl halides is 2. The van der Waals surface area contributed by atoms with Gasteiger partial charge in [0.15, 0.2) is 11.6 Å². The van der Waals surface area contributed by atoms with E-state index in [2.05, 4.69) is 0 Å². The van der Waals surface area contributed by atoms with E-state index in [-0.39, 0.29) is 71.6 Å². The van der Waals surface area contributed by atoms with E-state index >= 15 is 0 Å². The number of carbonyl (C=O) groups is 4. The third kappa shape index (κ3) is 21.8. The van der Waals surface area contributed by atoms with Gasteiger partial charge in [0.05, 0.1) is 24.6 Å². The first-order valence-corrected chi connectivity index (χ1v) is 5.54. The molecule has 0 N–H and O–H groups in total. The van der Waals surface area contributed by atoms with Crippen LogP contribution in [0.25, 0.3) is 0 Å². The van der Waals surface area contributed by atoms with Gasteiger partial charge in [-0.2, -0.15) is 0 Å². The fourth-order valence-electron chi connectivity index (χ4n) is 0.650. The predicted octanol–water partition coefficient (Wildman–Crippen LogP) is 1.17. The molecule has 0 aliphatic rings. The van der Waals surface area contributed by atoms with Crippen LogP contribution in [0.2, 0.25) is 0 Å². The molecular weight excluding hydrogens is 374 g/mol. The van der Waals surface area contributed by atoms with Crippen molar-refractivity contribution in [2.75, 3.05) is 11.8 Å². The smallest absolute Gasteiger partial charge is 0.154 e. The van der Waals surface area contributed by atoms with Crippen LogP contribution >= 0.6 is 23.2 Å². The zero-order valence-electron chi connectivity index (χ0n) is 9.72. The van der Waals surface area contributed by atoms with Crippen LogP contribution in [0, 0.1) is 0 Å². The molecule has 0 saturated heterocycles. The van der Waals surface area contributed by atoms with Crippen molar-refractivity contribution >= 4 is 70.2 Å². The Morgan fingerprint density at radius 3 is 1.06 bits per heavy atom. The van der Waals surface area contributed by atoms with Gasteiger partial charge in [0.1, 0.15) is 11.6 Å². The Balaban J connectivity index is -0.000000218. The third-order valence-corrected chi connectivity index (χ3v) is 1.79. The van der Waals surface area contributed by atoms with E-state index in [9.17, 15) is 19.2 Å². The molecule has 0 rings (SSSR count). The molecule has 0 atom stereocenters. The first-order chi connectivity index (χ1) is 7.33. The Labute approximate surface area is 127 Å². The Bertz CT molecular complexity index is 251. The summed E-state index contributed by atoms with van der Waals surface area (Å²) in [5, 5.41) is 0. The number of rotatable bonds is 6. The number of carbonyl (C=O) groups excluding carboxylic acids is 4. The molecule has 17 heavy (non-hydrogen) atoms. The molecule has 0 unspecified atom stereocenters. The summed E-state index contributed by atoms with van der Waals surface area (Å²) < 4.78 is 0. The standard InChI is InChI=1S/2C5H7ClO2.Sn/c2*1-4(7)2-5(8)3-6;/h2*2-3H2,1H3;. The summed E-state index contributed by atoms with van der Waals surface area (Å²) in [6, 6.07) is 0. The van der Waals surface area contributed by atoms with Crippen molar-refractivity contribution in [3.63, 3.8) is 0 Å². The molecule has 7 heteroatoms. The van der Waals surface area contributed by atoms with E-state index in [4.69, 9.17) is 23.2 Å². The van der Waals surface area contributed by atoms with Crippen molar-refractivity contribution in [2.24, 2.45) is 0 Å². The van der Waals surface area contributed by atoms with Gasteiger partial charge < -0.3 is 0 Å². The number of ketones is 4. The van der Waals surface area contributed by atoms with Crippen molar-refractivity contribution in [1.29, 1.82) is 0 Å². The number of hydrogen-bond donors (Lipinski definition) is 0. The fraction of sp³-hybridized carbons (Fsp3) is 0.600. The molecule has 0 saturated carbocycles. The van der Waals surface area contributed by atoms with Gasteiger partial charge in [-0.25, -0.2) is 0 Å². The summed E-state index contributed by atoms with van der Waals surface area (Å²) >= 11 is 10.2. The van der Waals surface area contributed by atoms with Gasteiger partial charge in [-0.3, -0.25) is 19.2 Å². The molecule has 0 aliphatic heterocycles. The number of hydrogen-bond acceptors (Lipinski definition) is 4. The fourth-order valence-corrected chi connectivity index (χ4v) is 0.839. The monoisotopic (exact) mass is 388 g/mol. The quantitative estimate of drug-likeness (QED) is 0.390. The number of Topliss-reactive ketones (excluding diaryl/α,β-unsaturated/α-hetero) is 4. The van der Waals surface area contributed by atoms with E-state index in [1.165, 1.54) is 13.8 Å². The Morgan fingerprint density at radius 2 is 1.00 bits per heavy atom. The van der Waals surface area contributed by atoms with E-state index in [0.717, 1.165) is 0 Å². The molecule has 0 heterocycles. The van der Waals surface area contributed by atoms with Crippen LogP contribution in [0.5, 0.6) is 0 Å². The van der Waals surface area contributed by atoms with E-state index < -0.39 is 0 Å².